The summed E-state index contributed by atoms with van der Waals surface area (Å²) in [6.45, 7) is 1.70. The van der Waals surface area contributed by atoms with E-state index in [2.05, 4.69) is 9.99 Å². The first-order valence-electron chi connectivity index (χ1n) is 4.83. The van der Waals surface area contributed by atoms with Gasteiger partial charge in [0, 0.05) is 5.39 Å². The van der Waals surface area contributed by atoms with E-state index in [-0.39, 0.29) is 0 Å². The Morgan fingerprint density at radius 3 is 2.88 bits per heavy atom. The number of nitrogens with zero attached hydrogens (tertiary/aromatic N) is 1. The number of hydrogen-bond donors (Lipinski definition) is 0. The Morgan fingerprint density at radius 1 is 1.38 bits per heavy atom. The molecule has 0 aliphatic heterocycles. The van der Waals surface area contributed by atoms with Crippen LogP contribution in [-0.4, -0.2) is 12.8 Å². The fraction of sp³-hybridized carbons (Fsp3) is 0.167. The highest BCUT2D eigenvalue weighted by Gasteiger charge is 2.07. The van der Waals surface area contributed by atoms with Crippen molar-refractivity contribution >= 4 is 16.7 Å². The van der Waals surface area contributed by atoms with Crippen molar-refractivity contribution in [3.05, 3.63) is 46.3 Å². The van der Waals surface area contributed by atoms with Crippen molar-refractivity contribution in [1.82, 2.24) is 0 Å². The van der Waals surface area contributed by atoms with E-state index >= 15 is 0 Å². The van der Waals surface area contributed by atoms with Crippen molar-refractivity contribution in [2.45, 2.75) is 6.92 Å². The summed E-state index contributed by atoms with van der Waals surface area (Å²) >= 11 is 0. The number of benzene rings is 1. The summed E-state index contributed by atoms with van der Waals surface area (Å²) in [7, 11) is 1.44. The number of para-hydroxylation sites is 1. The maximum absolute atomic E-state index is 11.6. The van der Waals surface area contributed by atoms with Gasteiger partial charge < -0.3 is 9.25 Å². The zero-order valence-corrected chi connectivity index (χ0v) is 9.06. The van der Waals surface area contributed by atoms with Gasteiger partial charge in [-0.3, -0.25) is 0 Å². The van der Waals surface area contributed by atoms with Gasteiger partial charge in [-0.05, 0) is 19.1 Å². The molecule has 0 atom stereocenters. The van der Waals surface area contributed by atoms with Crippen molar-refractivity contribution < 1.29 is 9.25 Å². The number of fused-ring (bicyclic) bond motifs is 1. The molecule has 16 heavy (non-hydrogen) atoms. The fourth-order valence-electron chi connectivity index (χ4n) is 1.50. The third-order valence-corrected chi connectivity index (χ3v) is 2.26. The van der Waals surface area contributed by atoms with Crippen LogP contribution in [0.25, 0.3) is 11.0 Å². The molecule has 0 saturated heterocycles. The highest BCUT2D eigenvalue weighted by Crippen LogP contribution is 2.12. The lowest BCUT2D eigenvalue weighted by Gasteiger charge is -2.00. The van der Waals surface area contributed by atoms with E-state index in [0.717, 1.165) is 5.39 Å². The van der Waals surface area contributed by atoms with E-state index < -0.39 is 5.63 Å². The summed E-state index contributed by atoms with van der Waals surface area (Å²) in [5, 5.41) is 4.58. The van der Waals surface area contributed by atoms with E-state index in [0.29, 0.717) is 16.9 Å². The topological polar surface area (TPSA) is 51.8 Å². The molecular formula is C12H11NO3. The van der Waals surface area contributed by atoms with E-state index in [1.165, 1.54) is 7.11 Å². The minimum Gasteiger partial charge on any atom is -0.422 e. The molecule has 1 aromatic heterocycles. The summed E-state index contributed by atoms with van der Waals surface area (Å²) in [5.74, 6) is 0. The summed E-state index contributed by atoms with van der Waals surface area (Å²) in [5.41, 5.74) is 1.08. The van der Waals surface area contributed by atoms with Gasteiger partial charge in [-0.25, -0.2) is 4.79 Å². The second-order valence-corrected chi connectivity index (χ2v) is 3.34. The predicted molar refractivity (Wildman–Crippen MR) is 61.7 cm³/mol. The smallest absolute Gasteiger partial charge is 0.345 e. The first-order chi connectivity index (χ1) is 7.72. The highest BCUT2D eigenvalue weighted by atomic mass is 16.6. The average molecular weight is 217 g/mol. The van der Waals surface area contributed by atoms with Crippen LogP contribution in [0.5, 0.6) is 0 Å². The molecule has 2 rings (SSSR count). The minimum absolute atomic E-state index is 0.406. The molecule has 0 N–H and O–H groups in total. The van der Waals surface area contributed by atoms with Crippen LogP contribution in [0.1, 0.15) is 12.5 Å². The predicted octanol–water partition coefficient (Wildman–Crippen LogP) is 2.16. The Bertz CT molecular complexity index is 598. The average Bonchev–Trinajstić information content (AvgIpc) is 2.28. The molecule has 0 saturated carbocycles. The molecule has 4 heteroatoms. The highest BCUT2D eigenvalue weighted by molar-refractivity contribution is 6.00. The molecule has 1 heterocycles. The van der Waals surface area contributed by atoms with Crippen LogP contribution in [0.15, 0.2) is 44.7 Å². The first-order valence-corrected chi connectivity index (χ1v) is 4.83. The van der Waals surface area contributed by atoms with Crippen LogP contribution in [0.3, 0.4) is 0 Å². The maximum atomic E-state index is 11.6. The largest absolute Gasteiger partial charge is 0.422 e. The zero-order valence-electron chi connectivity index (χ0n) is 9.06. The monoisotopic (exact) mass is 217 g/mol. The van der Waals surface area contributed by atoms with E-state index in [9.17, 15) is 4.79 Å². The van der Waals surface area contributed by atoms with Gasteiger partial charge in [-0.1, -0.05) is 23.4 Å². The molecule has 0 bridgehead atoms. The van der Waals surface area contributed by atoms with Crippen LogP contribution in [0, 0.1) is 0 Å². The van der Waals surface area contributed by atoms with Crippen LogP contribution >= 0.6 is 0 Å². The molecule has 0 aliphatic carbocycles. The lowest BCUT2D eigenvalue weighted by atomic mass is 10.1. The summed E-state index contributed by atoms with van der Waals surface area (Å²) in [6, 6.07) is 9.08. The Balaban J connectivity index is 2.68. The van der Waals surface area contributed by atoms with Crippen molar-refractivity contribution in [3.63, 3.8) is 0 Å². The quantitative estimate of drug-likeness (QED) is 0.440. The summed E-state index contributed by atoms with van der Waals surface area (Å²) in [4.78, 5) is 16.3. The first kappa shape index (κ1) is 10.4. The SMILES string of the molecule is CON=C(C)c1cc2ccccc2oc1=O. The Hall–Kier alpha value is -2.10. The summed E-state index contributed by atoms with van der Waals surface area (Å²) < 4.78 is 5.17. The Morgan fingerprint density at radius 2 is 2.12 bits per heavy atom. The second-order valence-electron chi connectivity index (χ2n) is 3.34. The maximum Gasteiger partial charge on any atom is 0.345 e. The van der Waals surface area contributed by atoms with Crippen LogP contribution in [-0.2, 0) is 4.84 Å². The van der Waals surface area contributed by atoms with Crippen molar-refractivity contribution in [2.24, 2.45) is 5.16 Å². The minimum atomic E-state index is -0.406. The Labute approximate surface area is 92.1 Å². The third-order valence-electron chi connectivity index (χ3n) is 2.26. The van der Waals surface area contributed by atoms with Gasteiger partial charge in [0.05, 0.1) is 11.3 Å². The normalized spacial score (nSPS) is 11.8. The van der Waals surface area contributed by atoms with E-state index in [4.69, 9.17) is 4.42 Å². The van der Waals surface area contributed by atoms with Gasteiger partial charge >= 0.3 is 5.63 Å². The molecule has 0 aliphatic rings. The molecule has 0 spiro atoms. The molecule has 82 valence electrons. The Kier molecular flexibility index (Phi) is 2.72. The van der Waals surface area contributed by atoms with Gasteiger partial charge in [0.15, 0.2) is 0 Å². The van der Waals surface area contributed by atoms with Crippen LogP contribution < -0.4 is 5.63 Å². The number of oxime groups is 1. The third kappa shape index (κ3) is 1.82. The van der Waals surface area contributed by atoms with Crippen molar-refractivity contribution in [2.75, 3.05) is 7.11 Å². The van der Waals surface area contributed by atoms with E-state index in [1.807, 2.05) is 18.2 Å². The standard InChI is InChI=1S/C12H11NO3/c1-8(13-15-2)10-7-9-5-3-4-6-11(9)16-12(10)14/h3-7H,1-2H3. The van der Waals surface area contributed by atoms with Gasteiger partial charge in [-0.15, -0.1) is 0 Å². The lowest BCUT2D eigenvalue weighted by molar-refractivity contribution is 0.213. The molecule has 0 unspecified atom stereocenters. The van der Waals surface area contributed by atoms with Gasteiger partial charge in [0.25, 0.3) is 0 Å². The molecule has 0 radical (unpaired) electrons. The fourth-order valence-corrected chi connectivity index (χ4v) is 1.50. The van der Waals surface area contributed by atoms with Gasteiger partial charge in [-0.2, -0.15) is 0 Å². The van der Waals surface area contributed by atoms with Crippen LogP contribution in [0.2, 0.25) is 0 Å². The zero-order chi connectivity index (χ0) is 11.5. The van der Waals surface area contributed by atoms with Gasteiger partial charge in [0.1, 0.15) is 12.7 Å². The van der Waals surface area contributed by atoms with Crippen LogP contribution in [0.4, 0.5) is 0 Å². The van der Waals surface area contributed by atoms with Gasteiger partial charge in [0.2, 0.25) is 0 Å². The summed E-state index contributed by atoms with van der Waals surface area (Å²) in [6.07, 6.45) is 0. The number of hydrogen-bond acceptors (Lipinski definition) is 4. The molecular weight excluding hydrogens is 206 g/mol. The van der Waals surface area contributed by atoms with E-state index in [1.54, 1.807) is 19.1 Å². The number of rotatable bonds is 2. The molecule has 2 aromatic rings. The molecule has 4 nitrogen and oxygen atoms in total. The van der Waals surface area contributed by atoms with Crippen molar-refractivity contribution in [3.8, 4) is 0 Å². The molecule has 0 fully saturated rings. The van der Waals surface area contributed by atoms with Crippen molar-refractivity contribution in [1.29, 1.82) is 0 Å². The molecule has 0 amide bonds. The lowest BCUT2D eigenvalue weighted by Crippen LogP contribution is -2.12. The second kappa shape index (κ2) is 4.18. The molecule has 1 aromatic carbocycles.